The zero-order valence-corrected chi connectivity index (χ0v) is 19.0. The third-order valence-corrected chi connectivity index (χ3v) is 6.02. The van der Waals surface area contributed by atoms with E-state index in [0.717, 1.165) is 11.1 Å². The van der Waals surface area contributed by atoms with Gasteiger partial charge in [-0.2, -0.15) is 0 Å². The van der Waals surface area contributed by atoms with Gasteiger partial charge in [0.05, 0.1) is 34.8 Å². The monoisotopic (exact) mass is 470 g/mol. The Morgan fingerprint density at radius 1 is 1.19 bits per heavy atom. The summed E-state index contributed by atoms with van der Waals surface area (Å²) in [4.78, 5) is 12.6. The van der Waals surface area contributed by atoms with E-state index in [1.807, 2.05) is 26.0 Å². The number of hydrogen-bond donors (Lipinski definition) is 1. The Morgan fingerprint density at radius 2 is 2.00 bits per heavy atom. The van der Waals surface area contributed by atoms with Gasteiger partial charge in [-0.25, -0.2) is 4.39 Å². The first kappa shape index (κ1) is 22.1. The van der Waals surface area contributed by atoms with Crippen LogP contribution in [0.15, 0.2) is 64.4 Å². The predicted octanol–water partition coefficient (Wildman–Crippen LogP) is 5.73. The molecule has 2 aromatic carbocycles. The molecule has 6 nitrogen and oxygen atoms in total. The SMILES string of the molecule is Cc1cc(C)c(NC(=O)CSc2nnc(-c3ccccc3F)n2Cc2ccco2)c(Cl)c1. The number of amides is 1. The lowest BCUT2D eigenvalue weighted by atomic mass is 10.1. The molecular formula is C23H20ClFN4O2S. The van der Waals surface area contributed by atoms with E-state index in [1.165, 1.54) is 17.8 Å². The van der Waals surface area contributed by atoms with Crippen molar-refractivity contribution in [3.8, 4) is 11.4 Å². The van der Waals surface area contributed by atoms with Crippen molar-refractivity contribution >= 4 is 35.0 Å². The van der Waals surface area contributed by atoms with Crippen LogP contribution >= 0.6 is 23.4 Å². The molecular weight excluding hydrogens is 451 g/mol. The second-order valence-electron chi connectivity index (χ2n) is 7.23. The molecule has 0 fully saturated rings. The number of carbonyl (C=O) groups is 1. The zero-order valence-electron chi connectivity index (χ0n) is 17.4. The Morgan fingerprint density at radius 3 is 2.72 bits per heavy atom. The summed E-state index contributed by atoms with van der Waals surface area (Å²) >= 11 is 7.50. The second kappa shape index (κ2) is 9.58. The van der Waals surface area contributed by atoms with Gasteiger partial charge in [0.15, 0.2) is 11.0 Å². The molecule has 0 atom stereocenters. The first-order valence-electron chi connectivity index (χ1n) is 9.82. The van der Waals surface area contributed by atoms with E-state index >= 15 is 0 Å². The van der Waals surface area contributed by atoms with Gasteiger partial charge in [0, 0.05) is 0 Å². The molecule has 0 aliphatic carbocycles. The molecule has 2 heterocycles. The van der Waals surface area contributed by atoms with Crippen LogP contribution in [0, 0.1) is 19.7 Å². The van der Waals surface area contributed by atoms with Crippen LogP contribution in [0.5, 0.6) is 0 Å². The molecule has 9 heteroatoms. The van der Waals surface area contributed by atoms with Gasteiger partial charge in [0.2, 0.25) is 5.91 Å². The Labute approximate surface area is 193 Å². The standard InChI is InChI=1S/C23H20ClFN4O2S/c1-14-10-15(2)21(18(24)11-14)26-20(30)13-32-23-28-27-22(17-7-3-4-8-19(17)25)29(23)12-16-6-5-9-31-16/h3-11H,12-13H2,1-2H3,(H,26,30). The molecule has 32 heavy (non-hydrogen) atoms. The molecule has 1 N–H and O–H groups in total. The molecule has 0 saturated heterocycles. The number of anilines is 1. The summed E-state index contributed by atoms with van der Waals surface area (Å²) in [5, 5.41) is 12.2. The highest BCUT2D eigenvalue weighted by atomic mass is 35.5. The minimum absolute atomic E-state index is 0.0806. The van der Waals surface area contributed by atoms with E-state index in [2.05, 4.69) is 15.5 Å². The lowest BCUT2D eigenvalue weighted by molar-refractivity contribution is -0.113. The molecule has 2 aromatic heterocycles. The van der Waals surface area contributed by atoms with E-state index < -0.39 is 5.82 Å². The van der Waals surface area contributed by atoms with Crippen molar-refractivity contribution in [3.63, 3.8) is 0 Å². The molecule has 0 unspecified atom stereocenters. The van der Waals surface area contributed by atoms with Gasteiger partial charge in [0.1, 0.15) is 11.6 Å². The van der Waals surface area contributed by atoms with Crippen LogP contribution in [0.1, 0.15) is 16.9 Å². The molecule has 1 amide bonds. The van der Waals surface area contributed by atoms with Crippen LogP contribution in [-0.4, -0.2) is 26.4 Å². The molecule has 0 aliphatic rings. The van der Waals surface area contributed by atoms with Crippen molar-refractivity contribution in [2.24, 2.45) is 0 Å². The van der Waals surface area contributed by atoms with E-state index in [0.29, 0.717) is 39.6 Å². The van der Waals surface area contributed by atoms with Gasteiger partial charge in [-0.15, -0.1) is 10.2 Å². The largest absolute Gasteiger partial charge is 0.467 e. The summed E-state index contributed by atoms with van der Waals surface area (Å²) < 4.78 is 21.6. The fourth-order valence-corrected chi connectivity index (χ4v) is 4.42. The van der Waals surface area contributed by atoms with Gasteiger partial charge < -0.3 is 9.73 Å². The van der Waals surface area contributed by atoms with E-state index in [-0.39, 0.29) is 11.7 Å². The van der Waals surface area contributed by atoms with Crippen molar-refractivity contribution in [3.05, 3.63) is 82.5 Å². The normalized spacial score (nSPS) is 11.0. The van der Waals surface area contributed by atoms with Crippen molar-refractivity contribution in [1.29, 1.82) is 0 Å². The highest BCUT2D eigenvalue weighted by molar-refractivity contribution is 7.99. The van der Waals surface area contributed by atoms with Crippen LogP contribution in [0.25, 0.3) is 11.4 Å². The molecule has 0 radical (unpaired) electrons. The first-order valence-corrected chi connectivity index (χ1v) is 11.2. The third kappa shape index (κ3) is 4.87. The number of rotatable bonds is 7. The van der Waals surface area contributed by atoms with Gasteiger partial charge in [-0.05, 0) is 55.3 Å². The molecule has 4 rings (SSSR count). The van der Waals surface area contributed by atoms with E-state index in [9.17, 15) is 9.18 Å². The van der Waals surface area contributed by atoms with E-state index in [1.54, 1.807) is 41.2 Å². The average Bonchev–Trinajstić information content (AvgIpc) is 3.40. The summed E-state index contributed by atoms with van der Waals surface area (Å²) in [7, 11) is 0. The number of benzene rings is 2. The summed E-state index contributed by atoms with van der Waals surface area (Å²) in [6, 6.07) is 13.7. The number of hydrogen-bond acceptors (Lipinski definition) is 5. The quantitative estimate of drug-likeness (QED) is 0.349. The highest BCUT2D eigenvalue weighted by Gasteiger charge is 2.19. The van der Waals surface area contributed by atoms with Crippen molar-refractivity contribution in [2.45, 2.75) is 25.5 Å². The summed E-state index contributed by atoms with van der Waals surface area (Å²) in [5.74, 6) is 0.468. The maximum atomic E-state index is 14.4. The molecule has 0 spiro atoms. The molecule has 4 aromatic rings. The summed E-state index contributed by atoms with van der Waals surface area (Å²) in [6.45, 7) is 4.14. The molecule has 0 saturated carbocycles. The zero-order chi connectivity index (χ0) is 22.7. The first-order chi connectivity index (χ1) is 15.4. The fourth-order valence-electron chi connectivity index (χ4n) is 3.32. The number of aromatic nitrogens is 3. The number of aryl methyl sites for hydroxylation is 2. The van der Waals surface area contributed by atoms with Crippen LogP contribution in [-0.2, 0) is 11.3 Å². The highest BCUT2D eigenvalue weighted by Crippen LogP contribution is 2.29. The van der Waals surface area contributed by atoms with E-state index in [4.69, 9.17) is 16.0 Å². The van der Waals surface area contributed by atoms with Crippen molar-refractivity contribution < 1.29 is 13.6 Å². The minimum atomic E-state index is -0.403. The fraction of sp³-hybridized carbons (Fsp3) is 0.174. The van der Waals surface area contributed by atoms with Crippen LogP contribution in [0.3, 0.4) is 0 Å². The maximum absolute atomic E-state index is 14.4. The van der Waals surface area contributed by atoms with Gasteiger partial charge in [-0.3, -0.25) is 9.36 Å². The number of thioether (sulfide) groups is 1. The van der Waals surface area contributed by atoms with Gasteiger partial charge in [-0.1, -0.05) is 41.6 Å². The lowest BCUT2D eigenvalue weighted by Crippen LogP contribution is -2.16. The van der Waals surface area contributed by atoms with Crippen molar-refractivity contribution in [2.75, 3.05) is 11.1 Å². The Hall–Kier alpha value is -3.10. The number of nitrogens with zero attached hydrogens (tertiary/aromatic N) is 3. The molecule has 0 aliphatic heterocycles. The van der Waals surface area contributed by atoms with Crippen molar-refractivity contribution in [1.82, 2.24) is 14.8 Å². The van der Waals surface area contributed by atoms with Gasteiger partial charge >= 0.3 is 0 Å². The smallest absolute Gasteiger partial charge is 0.234 e. The van der Waals surface area contributed by atoms with Crippen LogP contribution < -0.4 is 5.32 Å². The molecule has 0 bridgehead atoms. The predicted molar refractivity (Wildman–Crippen MR) is 124 cm³/mol. The molecule has 164 valence electrons. The number of carbonyl (C=O) groups excluding carboxylic acids is 1. The number of halogens is 2. The van der Waals surface area contributed by atoms with Gasteiger partial charge in [0.25, 0.3) is 0 Å². The minimum Gasteiger partial charge on any atom is -0.467 e. The Bertz CT molecular complexity index is 1230. The Kier molecular flexibility index (Phi) is 6.62. The summed E-state index contributed by atoms with van der Waals surface area (Å²) in [6.07, 6.45) is 1.57. The number of nitrogens with one attached hydrogen (secondary N) is 1. The topological polar surface area (TPSA) is 73.0 Å². The summed E-state index contributed by atoms with van der Waals surface area (Å²) in [5.41, 5.74) is 2.82. The van der Waals surface area contributed by atoms with Crippen LogP contribution in [0.2, 0.25) is 5.02 Å². The Balaban J connectivity index is 1.56. The second-order valence-corrected chi connectivity index (χ2v) is 8.58. The third-order valence-electron chi connectivity index (χ3n) is 4.75. The average molecular weight is 471 g/mol. The maximum Gasteiger partial charge on any atom is 0.234 e. The lowest BCUT2D eigenvalue weighted by Gasteiger charge is -2.12. The van der Waals surface area contributed by atoms with Crippen LogP contribution in [0.4, 0.5) is 10.1 Å². The number of furan rings is 1.